The number of aryl methyl sites for hydroxylation is 1. The number of hydrogen-bond acceptors (Lipinski definition) is 8. The number of primary amides is 1. The molecule has 1 aromatic carbocycles. The molecule has 0 aliphatic carbocycles. The highest BCUT2D eigenvalue weighted by Gasteiger charge is 2.25. The van der Waals surface area contributed by atoms with Gasteiger partial charge >= 0.3 is 0 Å². The zero-order valence-corrected chi connectivity index (χ0v) is 22.3. The molecule has 198 valence electrons. The van der Waals surface area contributed by atoms with Gasteiger partial charge in [0.05, 0.1) is 28.2 Å². The van der Waals surface area contributed by atoms with E-state index in [2.05, 4.69) is 15.2 Å². The van der Waals surface area contributed by atoms with Crippen LogP contribution < -0.4 is 11.1 Å². The fourth-order valence-corrected chi connectivity index (χ4v) is 6.44. The largest absolute Gasteiger partial charge is 0.386 e. The highest BCUT2D eigenvalue weighted by molar-refractivity contribution is 7.91. The molecule has 1 aliphatic heterocycles. The molecule has 0 unspecified atom stereocenters. The average Bonchev–Trinajstić information content (AvgIpc) is 3.19. The smallest absolute Gasteiger partial charge is 0.251 e. The summed E-state index contributed by atoms with van der Waals surface area (Å²) in [5, 5.41) is 13.4. The van der Waals surface area contributed by atoms with Gasteiger partial charge in [-0.05, 0) is 56.2 Å². The lowest BCUT2D eigenvalue weighted by molar-refractivity contribution is 0.0778. The van der Waals surface area contributed by atoms with E-state index < -0.39 is 33.0 Å². The molecule has 0 atom stereocenters. The van der Waals surface area contributed by atoms with E-state index in [-0.39, 0.29) is 38.1 Å². The van der Waals surface area contributed by atoms with E-state index in [1.54, 1.807) is 6.07 Å². The summed E-state index contributed by atoms with van der Waals surface area (Å²) in [6, 6.07) is 7.03. The number of hydrogen-bond donors (Lipinski definition) is 3. The lowest BCUT2D eigenvalue weighted by Gasteiger charge is -2.27. The number of halogens is 2. The van der Waals surface area contributed by atoms with Gasteiger partial charge in [0.15, 0.2) is 9.84 Å². The molecule has 3 aromatic rings. The van der Waals surface area contributed by atoms with Crippen molar-refractivity contribution in [3.05, 3.63) is 64.4 Å². The Morgan fingerprint density at radius 3 is 2.35 bits per heavy atom. The lowest BCUT2D eigenvalue weighted by Crippen LogP contribution is -2.39. The molecule has 1 aliphatic rings. The van der Waals surface area contributed by atoms with Crippen LogP contribution in [-0.4, -0.2) is 53.9 Å². The van der Waals surface area contributed by atoms with Crippen molar-refractivity contribution in [3.8, 4) is 10.4 Å². The van der Waals surface area contributed by atoms with Crippen molar-refractivity contribution in [3.63, 3.8) is 0 Å². The first-order valence-electron chi connectivity index (χ1n) is 11.6. The number of benzene rings is 1. The summed E-state index contributed by atoms with van der Waals surface area (Å²) in [7, 11) is -2.96. The van der Waals surface area contributed by atoms with Gasteiger partial charge in [-0.1, -0.05) is 6.07 Å². The van der Waals surface area contributed by atoms with Crippen LogP contribution in [0, 0.1) is 18.6 Å². The second-order valence-corrected chi connectivity index (χ2v) is 12.9. The number of pyridine rings is 1. The minimum absolute atomic E-state index is 0.0587. The van der Waals surface area contributed by atoms with E-state index in [4.69, 9.17) is 5.73 Å². The molecule has 0 saturated carbocycles. The number of aliphatic hydroxyl groups is 1. The Kier molecular flexibility index (Phi) is 7.39. The van der Waals surface area contributed by atoms with Crippen molar-refractivity contribution >= 4 is 37.9 Å². The first kappa shape index (κ1) is 27.1. The maximum absolute atomic E-state index is 14.9. The normalized spacial score (nSPS) is 16.1. The maximum atomic E-state index is 14.9. The van der Waals surface area contributed by atoms with Gasteiger partial charge in [0.1, 0.15) is 22.5 Å². The van der Waals surface area contributed by atoms with Crippen molar-refractivity contribution in [1.29, 1.82) is 0 Å². The molecule has 1 saturated heterocycles. The van der Waals surface area contributed by atoms with Crippen molar-refractivity contribution in [1.82, 2.24) is 9.88 Å². The molecule has 8 nitrogen and oxygen atoms in total. The summed E-state index contributed by atoms with van der Waals surface area (Å²) in [4.78, 5) is 18.9. The van der Waals surface area contributed by atoms with Crippen molar-refractivity contribution in [2.24, 2.45) is 5.73 Å². The monoisotopic (exact) mass is 550 g/mol. The van der Waals surface area contributed by atoms with Crippen LogP contribution in [0.1, 0.15) is 41.0 Å². The third-order valence-corrected chi connectivity index (χ3v) is 8.94. The van der Waals surface area contributed by atoms with Gasteiger partial charge in [-0.3, -0.25) is 9.69 Å². The second kappa shape index (κ2) is 10.1. The topological polar surface area (TPSA) is 126 Å². The Bertz CT molecular complexity index is 1430. The highest BCUT2D eigenvalue weighted by atomic mass is 32.2. The summed E-state index contributed by atoms with van der Waals surface area (Å²) in [5.74, 6) is -1.83. The Balaban J connectivity index is 1.59. The Labute approximate surface area is 218 Å². The van der Waals surface area contributed by atoms with E-state index in [1.807, 2.05) is 13.0 Å². The first-order chi connectivity index (χ1) is 17.2. The van der Waals surface area contributed by atoms with Crippen LogP contribution in [-0.2, 0) is 22.0 Å². The van der Waals surface area contributed by atoms with E-state index in [0.717, 1.165) is 34.7 Å². The quantitative estimate of drug-likeness (QED) is 0.410. The number of aromatic nitrogens is 1. The molecule has 1 fully saturated rings. The van der Waals surface area contributed by atoms with Crippen LogP contribution in [0.4, 0.5) is 19.6 Å². The third kappa shape index (κ3) is 6.15. The Morgan fingerprint density at radius 2 is 1.81 bits per heavy atom. The molecule has 3 heterocycles. The third-order valence-electron chi connectivity index (χ3n) is 6.26. The first-order valence-corrected chi connectivity index (χ1v) is 14.2. The van der Waals surface area contributed by atoms with Gasteiger partial charge in [0, 0.05) is 30.2 Å². The fourth-order valence-electron chi connectivity index (χ4n) is 4.04. The predicted octanol–water partition coefficient (Wildman–Crippen LogP) is 3.70. The van der Waals surface area contributed by atoms with E-state index in [1.165, 1.54) is 19.9 Å². The number of thiophene rings is 1. The zero-order valence-electron chi connectivity index (χ0n) is 20.6. The minimum Gasteiger partial charge on any atom is -0.386 e. The van der Waals surface area contributed by atoms with Gasteiger partial charge in [-0.2, -0.15) is 0 Å². The number of nitrogens with zero attached hydrogens (tertiary/aromatic N) is 2. The van der Waals surface area contributed by atoms with Crippen molar-refractivity contribution in [2.45, 2.75) is 32.9 Å². The van der Waals surface area contributed by atoms with Gasteiger partial charge in [-0.25, -0.2) is 22.2 Å². The number of nitrogens with one attached hydrogen (secondary N) is 1. The molecule has 0 radical (unpaired) electrons. The van der Waals surface area contributed by atoms with E-state index >= 15 is 0 Å². The molecule has 0 spiro atoms. The molecule has 1 amide bonds. The van der Waals surface area contributed by atoms with Gasteiger partial charge < -0.3 is 16.2 Å². The Hall–Kier alpha value is -2.93. The molecule has 2 aromatic heterocycles. The van der Waals surface area contributed by atoms with Gasteiger partial charge in [0.25, 0.3) is 5.91 Å². The van der Waals surface area contributed by atoms with Crippen molar-refractivity contribution in [2.75, 3.05) is 29.9 Å². The van der Waals surface area contributed by atoms with E-state index in [9.17, 15) is 27.1 Å². The standard InChI is InChI=1S/C25H28F2N4O4S2/c1-14-15(13-31-6-8-37(34,35)9-7-31)4-5-21(29-14)30-24-17(23(28)32)12-20(36-24)22-18(26)10-16(11-19(22)27)25(2,3)33/h4-5,10-12,33H,6-9,13H2,1-3H3,(H2,28,32)(H,29,30). The number of anilines is 2. The molecule has 4 rings (SSSR count). The SMILES string of the molecule is Cc1nc(Nc2sc(-c3c(F)cc(C(C)(C)O)cc3F)cc2C(N)=O)ccc1CN1CCS(=O)(=O)CC1. The van der Waals surface area contributed by atoms with Crippen LogP contribution >= 0.6 is 11.3 Å². The molecule has 4 N–H and O–H groups in total. The average molecular weight is 551 g/mol. The second-order valence-electron chi connectivity index (χ2n) is 9.59. The highest BCUT2D eigenvalue weighted by Crippen LogP contribution is 2.40. The molecule has 0 bridgehead atoms. The predicted molar refractivity (Wildman–Crippen MR) is 140 cm³/mol. The number of amides is 1. The summed E-state index contributed by atoms with van der Waals surface area (Å²) in [6.45, 7) is 6.17. The van der Waals surface area contributed by atoms with Crippen LogP contribution in [0.3, 0.4) is 0 Å². The number of carbonyl (C=O) groups is 1. The number of nitrogens with two attached hydrogens (primary N) is 1. The lowest BCUT2D eigenvalue weighted by atomic mass is 9.96. The van der Waals surface area contributed by atoms with E-state index in [0.29, 0.717) is 25.5 Å². The molecular formula is C25H28F2N4O4S2. The summed E-state index contributed by atoms with van der Waals surface area (Å²) in [5.41, 5.74) is 5.58. The maximum Gasteiger partial charge on any atom is 0.251 e. The molecule has 37 heavy (non-hydrogen) atoms. The van der Waals surface area contributed by atoms with Crippen LogP contribution in [0.25, 0.3) is 10.4 Å². The molecule has 12 heteroatoms. The Morgan fingerprint density at radius 1 is 1.19 bits per heavy atom. The zero-order chi connectivity index (χ0) is 27.1. The van der Waals surface area contributed by atoms with Gasteiger partial charge in [-0.15, -0.1) is 11.3 Å². The minimum atomic E-state index is -2.96. The van der Waals surface area contributed by atoms with Crippen LogP contribution in [0.2, 0.25) is 0 Å². The van der Waals surface area contributed by atoms with Crippen molar-refractivity contribution < 1.29 is 27.1 Å². The van der Waals surface area contributed by atoms with Gasteiger partial charge in [0.2, 0.25) is 0 Å². The number of sulfone groups is 1. The summed E-state index contributed by atoms with van der Waals surface area (Å²) >= 11 is 0.956. The number of carbonyl (C=O) groups excluding carboxylic acids is 1. The summed E-state index contributed by atoms with van der Waals surface area (Å²) < 4.78 is 53.1. The van der Waals surface area contributed by atoms with Crippen LogP contribution in [0.15, 0.2) is 30.3 Å². The fraction of sp³-hybridized carbons (Fsp3) is 0.360. The summed E-state index contributed by atoms with van der Waals surface area (Å²) in [6.07, 6.45) is 0. The number of rotatable bonds is 7. The van der Waals surface area contributed by atoms with Crippen LogP contribution in [0.5, 0.6) is 0 Å². The molecular weight excluding hydrogens is 522 g/mol.